The van der Waals surface area contributed by atoms with E-state index in [1.165, 1.54) is 12.1 Å². The van der Waals surface area contributed by atoms with Gasteiger partial charge < -0.3 is 4.74 Å². The molecule has 0 atom stereocenters. The Morgan fingerprint density at radius 3 is 2.46 bits per heavy atom. The molecule has 0 saturated heterocycles. The number of non-ortho nitro benzene ring substituents is 1. The molecule has 0 spiro atoms. The largest absolute Gasteiger partial charge is 0.485 e. The van der Waals surface area contributed by atoms with Crippen molar-refractivity contribution in [2.24, 2.45) is 4.99 Å². The van der Waals surface area contributed by atoms with Crippen molar-refractivity contribution in [3.8, 4) is 5.75 Å². The fourth-order valence-corrected chi connectivity index (χ4v) is 2.48. The number of aryl methyl sites for hydroxylation is 2. The van der Waals surface area contributed by atoms with E-state index in [-0.39, 0.29) is 24.6 Å². The lowest BCUT2D eigenvalue weighted by molar-refractivity contribution is -0.384. The average molecular weight is 354 g/mol. The van der Waals surface area contributed by atoms with Crippen LogP contribution in [0.4, 0.5) is 5.69 Å². The van der Waals surface area contributed by atoms with Crippen molar-refractivity contribution >= 4 is 17.2 Å². The van der Waals surface area contributed by atoms with E-state index in [1.807, 2.05) is 39.0 Å². The molecule has 2 aromatic rings. The van der Waals surface area contributed by atoms with Gasteiger partial charge in [0.25, 0.3) is 5.69 Å². The van der Waals surface area contributed by atoms with Crippen LogP contribution in [0.3, 0.4) is 0 Å². The molecule has 0 aliphatic heterocycles. The van der Waals surface area contributed by atoms with Gasteiger partial charge in [0, 0.05) is 24.3 Å². The number of nitrogens with zero attached hydrogens (tertiary/aromatic N) is 2. The Bertz CT molecular complexity index is 826. The van der Waals surface area contributed by atoms with E-state index in [4.69, 9.17) is 4.74 Å². The number of carbonyl (C=O) groups excluding carboxylic acids is 1. The summed E-state index contributed by atoms with van der Waals surface area (Å²) in [7, 11) is 0. The van der Waals surface area contributed by atoms with Crippen LogP contribution in [0.1, 0.15) is 23.6 Å². The summed E-state index contributed by atoms with van der Waals surface area (Å²) in [6.07, 6.45) is 0.545. The van der Waals surface area contributed by atoms with Gasteiger partial charge in [0.1, 0.15) is 18.9 Å². The molecule has 0 aliphatic carbocycles. The first-order chi connectivity index (χ1) is 12.3. The molecule has 0 radical (unpaired) electrons. The maximum Gasteiger partial charge on any atom is 0.269 e. The number of hydrogen-bond acceptors (Lipinski definition) is 5. The summed E-state index contributed by atoms with van der Waals surface area (Å²) >= 11 is 0. The van der Waals surface area contributed by atoms with E-state index < -0.39 is 4.92 Å². The Labute approximate surface area is 152 Å². The van der Waals surface area contributed by atoms with Crippen molar-refractivity contribution in [2.45, 2.75) is 27.2 Å². The Hall–Kier alpha value is -3.02. The number of carbonyl (C=O) groups is 1. The Balaban J connectivity index is 1.83. The van der Waals surface area contributed by atoms with Crippen LogP contribution in [-0.4, -0.2) is 29.6 Å². The number of nitro groups is 1. The van der Waals surface area contributed by atoms with Crippen molar-refractivity contribution in [3.63, 3.8) is 0 Å². The van der Waals surface area contributed by atoms with Crippen molar-refractivity contribution in [2.75, 3.05) is 13.2 Å². The van der Waals surface area contributed by atoms with Crippen LogP contribution in [-0.2, 0) is 11.2 Å². The van der Waals surface area contributed by atoms with Crippen molar-refractivity contribution in [3.05, 3.63) is 69.3 Å². The first-order valence-corrected chi connectivity index (χ1v) is 8.30. The van der Waals surface area contributed by atoms with Crippen molar-refractivity contribution in [1.29, 1.82) is 0 Å². The van der Waals surface area contributed by atoms with Crippen LogP contribution in [0.15, 0.2) is 47.5 Å². The third-order valence-electron chi connectivity index (χ3n) is 3.85. The minimum absolute atomic E-state index is 0.0157. The first kappa shape index (κ1) is 19.3. The van der Waals surface area contributed by atoms with Gasteiger partial charge in [-0.3, -0.25) is 19.9 Å². The predicted octanol–water partition coefficient (Wildman–Crippen LogP) is 3.86. The summed E-state index contributed by atoms with van der Waals surface area (Å²) in [4.78, 5) is 26.5. The van der Waals surface area contributed by atoms with Gasteiger partial charge in [-0.1, -0.05) is 29.8 Å². The molecule has 2 aromatic carbocycles. The lowest BCUT2D eigenvalue weighted by Crippen LogP contribution is -2.15. The SMILES string of the molecule is CC(Cc1ccc([N+](=O)[O-])cc1)=NCC(=O)COc1ccc(C)cc1C. The number of rotatable bonds is 8. The molecule has 6 nitrogen and oxygen atoms in total. The van der Waals surface area contributed by atoms with E-state index in [2.05, 4.69) is 4.99 Å². The summed E-state index contributed by atoms with van der Waals surface area (Å²) in [5.74, 6) is 0.601. The summed E-state index contributed by atoms with van der Waals surface area (Å²) in [5, 5.41) is 10.6. The van der Waals surface area contributed by atoms with Crippen LogP contribution >= 0.6 is 0 Å². The number of Topliss-reactive ketones (excluding diaryl/α,β-unsaturated/α-hetero) is 1. The second-order valence-corrected chi connectivity index (χ2v) is 6.25. The normalized spacial score (nSPS) is 11.3. The van der Waals surface area contributed by atoms with Crippen molar-refractivity contribution < 1.29 is 14.5 Å². The lowest BCUT2D eigenvalue weighted by Gasteiger charge is -2.08. The second-order valence-electron chi connectivity index (χ2n) is 6.25. The molecule has 2 rings (SSSR count). The zero-order valence-corrected chi connectivity index (χ0v) is 15.2. The molecule has 136 valence electrons. The van der Waals surface area contributed by atoms with Crippen LogP contribution < -0.4 is 4.74 Å². The zero-order chi connectivity index (χ0) is 19.1. The third-order valence-corrected chi connectivity index (χ3v) is 3.85. The van der Waals surface area contributed by atoms with Gasteiger partial charge in [0.15, 0.2) is 5.78 Å². The van der Waals surface area contributed by atoms with Gasteiger partial charge >= 0.3 is 0 Å². The summed E-state index contributed by atoms with van der Waals surface area (Å²) in [6.45, 7) is 5.82. The summed E-state index contributed by atoms with van der Waals surface area (Å²) in [6, 6.07) is 12.1. The molecule has 0 amide bonds. The molecule has 26 heavy (non-hydrogen) atoms. The molecule has 0 saturated carbocycles. The molecule has 6 heteroatoms. The van der Waals surface area contributed by atoms with E-state index >= 15 is 0 Å². The second kappa shape index (κ2) is 8.89. The van der Waals surface area contributed by atoms with E-state index in [1.54, 1.807) is 12.1 Å². The molecule has 0 fully saturated rings. The van der Waals surface area contributed by atoms with E-state index in [9.17, 15) is 14.9 Å². The Morgan fingerprint density at radius 2 is 1.85 bits per heavy atom. The lowest BCUT2D eigenvalue weighted by atomic mass is 10.1. The van der Waals surface area contributed by atoms with Gasteiger partial charge in [-0.15, -0.1) is 0 Å². The summed E-state index contributed by atoms with van der Waals surface area (Å²) in [5.41, 5.74) is 3.90. The van der Waals surface area contributed by atoms with Crippen LogP contribution in [0, 0.1) is 24.0 Å². The maximum atomic E-state index is 12.0. The van der Waals surface area contributed by atoms with Gasteiger partial charge in [-0.05, 0) is 38.0 Å². The first-order valence-electron chi connectivity index (χ1n) is 8.30. The molecule has 0 aliphatic rings. The number of hydrogen-bond donors (Lipinski definition) is 0. The van der Waals surface area contributed by atoms with Gasteiger partial charge in [0.2, 0.25) is 0 Å². The van der Waals surface area contributed by atoms with E-state index in [0.29, 0.717) is 12.2 Å². The highest BCUT2D eigenvalue weighted by Gasteiger charge is 2.07. The zero-order valence-electron chi connectivity index (χ0n) is 15.2. The van der Waals surface area contributed by atoms with Crippen LogP contribution in [0.5, 0.6) is 5.75 Å². The highest BCUT2D eigenvalue weighted by atomic mass is 16.6. The molecule has 0 heterocycles. The number of aliphatic imine (C=N–C) groups is 1. The molecule has 0 unspecified atom stereocenters. The number of ketones is 1. The standard InChI is InChI=1S/C20H22N2O4/c1-14-4-9-20(15(2)10-14)26-13-19(23)12-21-16(3)11-17-5-7-18(8-6-17)22(24)25/h4-10H,11-13H2,1-3H3. The molecule has 0 bridgehead atoms. The number of nitro benzene ring substituents is 1. The Kier molecular flexibility index (Phi) is 6.60. The monoisotopic (exact) mass is 354 g/mol. The fraction of sp³-hybridized carbons (Fsp3) is 0.300. The van der Waals surface area contributed by atoms with E-state index in [0.717, 1.165) is 22.4 Å². The molecular weight excluding hydrogens is 332 g/mol. The molecular formula is C20H22N2O4. The Morgan fingerprint density at radius 1 is 1.15 bits per heavy atom. The number of benzene rings is 2. The predicted molar refractivity (Wildman–Crippen MR) is 101 cm³/mol. The van der Waals surface area contributed by atoms with Gasteiger partial charge in [-0.2, -0.15) is 0 Å². The summed E-state index contributed by atoms with van der Waals surface area (Å²) < 4.78 is 5.56. The van der Waals surface area contributed by atoms with Crippen LogP contribution in [0.2, 0.25) is 0 Å². The number of ether oxygens (including phenoxy) is 1. The molecule has 0 aromatic heterocycles. The highest BCUT2D eigenvalue weighted by Crippen LogP contribution is 2.18. The van der Waals surface area contributed by atoms with Crippen LogP contribution in [0.25, 0.3) is 0 Å². The molecule has 0 N–H and O–H groups in total. The minimum atomic E-state index is -0.431. The minimum Gasteiger partial charge on any atom is -0.485 e. The van der Waals surface area contributed by atoms with Gasteiger partial charge in [-0.25, -0.2) is 0 Å². The third kappa shape index (κ3) is 5.81. The quantitative estimate of drug-likeness (QED) is 0.409. The highest BCUT2D eigenvalue weighted by molar-refractivity contribution is 5.88. The maximum absolute atomic E-state index is 12.0. The van der Waals surface area contributed by atoms with Crippen molar-refractivity contribution in [1.82, 2.24) is 0 Å². The average Bonchev–Trinajstić information content (AvgIpc) is 2.59. The fourth-order valence-electron chi connectivity index (χ4n) is 2.48. The topological polar surface area (TPSA) is 81.8 Å². The van der Waals surface area contributed by atoms with Gasteiger partial charge in [0.05, 0.1) is 4.92 Å². The smallest absolute Gasteiger partial charge is 0.269 e.